The first-order chi connectivity index (χ1) is 7.17. The first kappa shape index (κ1) is 14.4. The maximum atomic E-state index is 3.81. The van der Waals surface area contributed by atoms with Gasteiger partial charge in [0.05, 0.1) is 0 Å². The molecule has 0 bridgehead atoms. The van der Waals surface area contributed by atoms with Crippen molar-refractivity contribution in [2.75, 3.05) is 26.2 Å². The summed E-state index contributed by atoms with van der Waals surface area (Å²) in [6.45, 7) is 18.2. The highest BCUT2D eigenvalue weighted by molar-refractivity contribution is 4.86. The third-order valence-corrected chi connectivity index (χ3v) is 2.57. The van der Waals surface area contributed by atoms with Crippen molar-refractivity contribution in [1.82, 2.24) is 10.2 Å². The molecule has 0 saturated heterocycles. The molecule has 1 unspecified atom stereocenters. The van der Waals surface area contributed by atoms with Crippen LogP contribution in [-0.4, -0.2) is 37.1 Å². The molecule has 0 aliphatic carbocycles. The van der Waals surface area contributed by atoms with Crippen molar-refractivity contribution >= 4 is 0 Å². The Morgan fingerprint density at radius 2 is 1.73 bits per heavy atom. The molecule has 2 heteroatoms. The molecule has 0 radical (unpaired) electrons. The lowest BCUT2D eigenvalue weighted by atomic mass is 10.0. The van der Waals surface area contributed by atoms with E-state index in [1.165, 1.54) is 0 Å². The molecule has 1 N–H and O–H groups in total. The third kappa shape index (κ3) is 5.75. The number of likely N-dealkylation sites (N-methyl/N-ethyl adjacent to an activating group) is 1. The summed E-state index contributed by atoms with van der Waals surface area (Å²) < 4.78 is 0. The molecule has 0 spiro atoms. The van der Waals surface area contributed by atoms with E-state index in [9.17, 15) is 0 Å². The molecule has 0 heterocycles. The highest BCUT2D eigenvalue weighted by Gasteiger charge is 2.19. The topological polar surface area (TPSA) is 15.3 Å². The molecule has 2 nitrogen and oxygen atoms in total. The van der Waals surface area contributed by atoms with Crippen LogP contribution in [0, 0.1) is 5.92 Å². The quantitative estimate of drug-likeness (QED) is 0.587. The zero-order valence-corrected chi connectivity index (χ0v) is 10.5. The van der Waals surface area contributed by atoms with Crippen LogP contribution in [0.4, 0.5) is 0 Å². The van der Waals surface area contributed by atoms with E-state index in [1.54, 1.807) is 0 Å². The molecule has 88 valence electrons. The SMILES string of the molecule is C=CCN(CC=C)C(CNCC)C(C)C. The normalized spacial score (nSPS) is 13.1. The summed E-state index contributed by atoms with van der Waals surface area (Å²) in [5.74, 6) is 0.643. The molecule has 15 heavy (non-hydrogen) atoms. The van der Waals surface area contributed by atoms with E-state index in [4.69, 9.17) is 0 Å². The van der Waals surface area contributed by atoms with Crippen LogP contribution < -0.4 is 5.32 Å². The summed E-state index contributed by atoms with van der Waals surface area (Å²) in [4.78, 5) is 2.41. The maximum Gasteiger partial charge on any atom is 0.0250 e. The lowest BCUT2D eigenvalue weighted by Gasteiger charge is -2.33. The van der Waals surface area contributed by atoms with E-state index < -0.39 is 0 Å². The second kappa shape index (κ2) is 8.69. The standard InChI is InChI=1S/C13H26N2/c1-6-9-15(10-7-2)13(12(4)5)11-14-8-3/h6-7,12-14H,1-2,8-11H2,3-5H3. The average molecular weight is 210 g/mol. The Morgan fingerprint density at radius 3 is 2.07 bits per heavy atom. The van der Waals surface area contributed by atoms with Crippen LogP contribution in [0.3, 0.4) is 0 Å². The Labute approximate surface area is 95.0 Å². The Bertz CT molecular complexity index is 165. The highest BCUT2D eigenvalue weighted by atomic mass is 15.2. The summed E-state index contributed by atoms with van der Waals surface area (Å²) in [5, 5.41) is 3.42. The minimum atomic E-state index is 0.556. The third-order valence-electron chi connectivity index (χ3n) is 2.57. The van der Waals surface area contributed by atoms with E-state index in [0.717, 1.165) is 26.2 Å². The molecule has 0 fully saturated rings. The van der Waals surface area contributed by atoms with Crippen molar-refractivity contribution < 1.29 is 0 Å². The highest BCUT2D eigenvalue weighted by Crippen LogP contribution is 2.10. The number of rotatable bonds is 9. The average Bonchev–Trinajstić information content (AvgIpc) is 2.18. The predicted molar refractivity (Wildman–Crippen MR) is 69.1 cm³/mol. The van der Waals surface area contributed by atoms with Gasteiger partial charge in [0.25, 0.3) is 0 Å². The number of nitrogens with one attached hydrogen (secondary N) is 1. The van der Waals surface area contributed by atoms with E-state index in [2.05, 4.69) is 44.1 Å². The molecule has 1 atom stereocenters. The number of nitrogens with zero attached hydrogens (tertiary/aromatic N) is 1. The largest absolute Gasteiger partial charge is 0.315 e. The summed E-state index contributed by atoms with van der Waals surface area (Å²) in [6.07, 6.45) is 3.93. The maximum absolute atomic E-state index is 3.81. The van der Waals surface area contributed by atoms with Crippen LogP contribution in [0.25, 0.3) is 0 Å². The van der Waals surface area contributed by atoms with Gasteiger partial charge in [0.1, 0.15) is 0 Å². The molecular formula is C13H26N2. The van der Waals surface area contributed by atoms with Gasteiger partial charge in [-0.3, -0.25) is 4.90 Å². The van der Waals surface area contributed by atoms with Gasteiger partial charge < -0.3 is 5.32 Å². The second-order valence-corrected chi connectivity index (χ2v) is 4.15. The van der Waals surface area contributed by atoms with Crippen LogP contribution in [0.15, 0.2) is 25.3 Å². The van der Waals surface area contributed by atoms with Gasteiger partial charge in [-0.25, -0.2) is 0 Å². The van der Waals surface area contributed by atoms with Crippen LogP contribution in [-0.2, 0) is 0 Å². The van der Waals surface area contributed by atoms with Crippen molar-refractivity contribution in [1.29, 1.82) is 0 Å². The van der Waals surface area contributed by atoms with Crippen molar-refractivity contribution in [3.8, 4) is 0 Å². The number of hydrogen-bond donors (Lipinski definition) is 1. The molecule has 0 aliphatic rings. The number of hydrogen-bond acceptors (Lipinski definition) is 2. The summed E-state index contributed by atoms with van der Waals surface area (Å²) in [5.41, 5.74) is 0. The van der Waals surface area contributed by atoms with Gasteiger partial charge in [0, 0.05) is 25.7 Å². The van der Waals surface area contributed by atoms with Crippen molar-refractivity contribution in [3.05, 3.63) is 25.3 Å². The smallest absolute Gasteiger partial charge is 0.0250 e. The molecule has 0 amide bonds. The van der Waals surface area contributed by atoms with Crippen molar-refractivity contribution in [2.45, 2.75) is 26.8 Å². The Balaban J connectivity index is 4.35. The minimum absolute atomic E-state index is 0.556. The lowest BCUT2D eigenvalue weighted by Crippen LogP contribution is -2.45. The van der Waals surface area contributed by atoms with Gasteiger partial charge in [-0.2, -0.15) is 0 Å². The van der Waals surface area contributed by atoms with Crippen LogP contribution in [0.2, 0.25) is 0 Å². The van der Waals surface area contributed by atoms with E-state index in [-0.39, 0.29) is 0 Å². The molecule has 0 aliphatic heterocycles. The fourth-order valence-corrected chi connectivity index (χ4v) is 1.76. The molecule has 0 rings (SSSR count). The molecular weight excluding hydrogens is 184 g/mol. The van der Waals surface area contributed by atoms with Crippen LogP contribution in [0.1, 0.15) is 20.8 Å². The Kier molecular flexibility index (Phi) is 8.34. The van der Waals surface area contributed by atoms with Crippen molar-refractivity contribution in [2.24, 2.45) is 5.92 Å². The van der Waals surface area contributed by atoms with E-state index in [0.29, 0.717) is 12.0 Å². The fourth-order valence-electron chi connectivity index (χ4n) is 1.76. The summed E-state index contributed by atoms with van der Waals surface area (Å²) in [7, 11) is 0. The zero-order valence-electron chi connectivity index (χ0n) is 10.5. The van der Waals surface area contributed by atoms with Gasteiger partial charge in [0.2, 0.25) is 0 Å². The first-order valence-electron chi connectivity index (χ1n) is 5.83. The van der Waals surface area contributed by atoms with Gasteiger partial charge in [-0.05, 0) is 12.5 Å². The van der Waals surface area contributed by atoms with Gasteiger partial charge in [0.15, 0.2) is 0 Å². The molecule has 0 saturated carbocycles. The monoisotopic (exact) mass is 210 g/mol. The van der Waals surface area contributed by atoms with Gasteiger partial charge in [-0.15, -0.1) is 13.2 Å². The van der Waals surface area contributed by atoms with E-state index >= 15 is 0 Å². The minimum Gasteiger partial charge on any atom is -0.315 e. The van der Waals surface area contributed by atoms with Crippen LogP contribution >= 0.6 is 0 Å². The van der Waals surface area contributed by atoms with E-state index in [1.807, 2.05) is 12.2 Å². The molecule has 0 aromatic heterocycles. The second-order valence-electron chi connectivity index (χ2n) is 4.15. The van der Waals surface area contributed by atoms with Gasteiger partial charge >= 0.3 is 0 Å². The van der Waals surface area contributed by atoms with Gasteiger partial charge in [-0.1, -0.05) is 32.9 Å². The lowest BCUT2D eigenvalue weighted by molar-refractivity contribution is 0.185. The fraction of sp³-hybridized carbons (Fsp3) is 0.692. The first-order valence-corrected chi connectivity index (χ1v) is 5.83. The molecule has 0 aromatic rings. The molecule has 0 aromatic carbocycles. The summed E-state index contributed by atoms with van der Waals surface area (Å²) >= 11 is 0. The van der Waals surface area contributed by atoms with Crippen molar-refractivity contribution in [3.63, 3.8) is 0 Å². The van der Waals surface area contributed by atoms with Crippen LogP contribution in [0.5, 0.6) is 0 Å². The predicted octanol–water partition coefficient (Wildman–Crippen LogP) is 2.29. The Hall–Kier alpha value is -0.600. The zero-order chi connectivity index (χ0) is 11.7. The summed E-state index contributed by atoms with van der Waals surface area (Å²) in [6, 6.07) is 0.556. The Morgan fingerprint density at radius 1 is 1.20 bits per heavy atom.